The molecule has 0 unspecified atom stereocenters. The van der Waals surface area contributed by atoms with Gasteiger partial charge in [-0.3, -0.25) is 15.0 Å². The van der Waals surface area contributed by atoms with Crippen LogP contribution in [0.1, 0.15) is 36.5 Å². The molecule has 8 nitrogen and oxygen atoms in total. The van der Waals surface area contributed by atoms with Gasteiger partial charge in [-0.2, -0.15) is 5.10 Å². The van der Waals surface area contributed by atoms with Crippen molar-refractivity contribution in [3.8, 4) is 0 Å². The predicted molar refractivity (Wildman–Crippen MR) is 128 cm³/mol. The van der Waals surface area contributed by atoms with Gasteiger partial charge in [0.05, 0.1) is 23.8 Å². The minimum Gasteiger partial charge on any atom is -0.404 e. The summed E-state index contributed by atoms with van der Waals surface area (Å²) in [4.78, 5) is 17.8. The van der Waals surface area contributed by atoms with Crippen molar-refractivity contribution in [1.82, 2.24) is 25.1 Å². The number of rotatable bonds is 7. The number of anilines is 2. The summed E-state index contributed by atoms with van der Waals surface area (Å²) in [6.07, 6.45) is 10.3. The maximum Gasteiger partial charge on any atom is 0.154 e. The number of fused-ring (bicyclic) bond motifs is 1. The fourth-order valence-corrected chi connectivity index (χ4v) is 3.08. The first-order valence-corrected chi connectivity index (χ1v) is 10.3. The summed E-state index contributed by atoms with van der Waals surface area (Å²) >= 11 is 0. The molecule has 0 aliphatic rings. The van der Waals surface area contributed by atoms with Crippen LogP contribution in [-0.2, 0) is 6.54 Å². The van der Waals surface area contributed by atoms with Crippen LogP contribution in [0, 0.1) is 0 Å². The van der Waals surface area contributed by atoms with Crippen LogP contribution in [0.3, 0.4) is 0 Å². The van der Waals surface area contributed by atoms with Gasteiger partial charge in [-0.05, 0) is 47.4 Å². The van der Waals surface area contributed by atoms with Crippen LogP contribution in [0.25, 0.3) is 16.6 Å². The van der Waals surface area contributed by atoms with Crippen LogP contribution >= 0.6 is 0 Å². The van der Waals surface area contributed by atoms with E-state index in [1.54, 1.807) is 31.0 Å². The molecule has 4 rings (SSSR count). The largest absolute Gasteiger partial charge is 0.404 e. The molecule has 160 valence electrons. The maximum absolute atomic E-state index is 5.86. The van der Waals surface area contributed by atoms with E-state index in [0.29, 0.717) is 24.1 Å². The first-order chi connectivity index (χ1) is 15.6. The number of aromatic nitrogens is 5. The van der Waals surface area contributed by atoms with Gasteiger partial charge in [0, 0.05) is 42.1 Å². The lowest BCUT2D eigenvalue weighted by Gasteiger charge is -2.09. The molecule has 4 heterocycles. The highest BCUT2D eigenvalue weighted by Crippen LogP contribution is 2.21. The lowest BCUT2D eigenvalue weighted by atomic mass is 10.1. The second-order valence-corrected chi connectivity index (χ2v) is 7.57. The first-order valence-electron chi connectivity index (χ1n) is 10.3. The molecule has 0 bridgehead atoms. The lowest BCUT2D eigenvalue weighted by Crippen LogP contribution is -2.00. The van der Waals surface area contributed by atoms with Crippen molar-refractivity contribution in [3.05, 3.63) is 84.1 Å². The third kappa shape index (κ3) is 5.10. The van der Waals surface area contributed by atoms with Gasteiger partial charge >= 0.3 is 0 Å². The molecule has 0 saturated carbocycles. The molecule has 4 aromatic rings. The molecule has 0 spiro atoms. The topological polar surface area (TPSA) is 115 Å². The van der Waals surface area contributed by atoms with E-state index in [1.807, 2.05) is 36.4 Å². The molecule has 32 heavy (non-hydrogen) atoms. The van der Waals surface area contributed by atoms with Gasteiger partial charge in [-0.25, -0.2) is 4.98 Å². The predicted octanol–water partition coefficient (Wildman–Crippen LogP) is 4.25. The summed E-state index contributed by atoms with van der Waals surface area (Å²) in [5, 5.41) is 11.4. The highest BCUT2D eigenvalue weighted by atomic mass is 15.2. The SMILES string of the molecule is CC(C)c1cnnc(Nc2ccc3ncc(C(C=NCc4cccnc4)=CN)cc3n2)c1. The zero-order valence-electron chi connectivity index (χ0n) is 18.0. The molecular weight excluding hydrogens is 400 g/mol. The standard InChI is InChI=1S/C24H24N8/c1-16(2)18-9-24(32-29-15-18)31-23-6-5-21-22(30-23)8-19(14-28-21)20(10-25)13-27-12-17-4-3-7-26-11-17/h3-11,13-16H,12,25H2,1-2H3,(H,30,31,32). The van der Waals surface area contributed by atoms with Gasteiger partial charge in [0.2, 0.25) is 0 Å². The van der Waals surface area contributed by atoms with E-state index < -0.39 is 0 Å². The number of nitrogens with one attached hydrogen (secondary N) is 1. The number of nitrogens with zero attached hydrogens (tertiary/aromatic N) is 6. The third-order valence-corrected chi connectivity index (χ3v) is 4.88. The van der Waals surface area contributed by atoms with Crippen LogP contribution < -0.4 is 11.1 Å². The Labute approximate surface area is 186 Å². The molecule has 0 aromatic carbocycles. The summed E-state index contributed by atoms with van der Waals surface area (Å²) in [7, 11) is 0. The van der Waals surface area contributed by atoms with Crippen LogP contribution in [0.4, 0.5) is 11.6 Å². The van der Waals surface area contributed by atoms with Crippen molar-refractivity contribution >= 4 is 34.5 Å². The molecule has 0 aliphatic heterocycles. The van der Waals surface area contributed by atoms with Crippen LogP contribution in [0.2, 0.25) is 0 Å². The fourth-order valence-electron chi connectivity index (χ4n) is 3.08. The van der Waals surface area contributed by atoms with Crippen molar-refractivity contribution in [1.29, 1.82) is 0 Å². The number of hydrogen-bond acceptors (Lipinski definition) is 8. The van der Waals surface area contributed by atoms with E-state index in [2.05, 4.69) is 49.3 Å². The van der Waals surface area contributed by atoms with Crippen LogP contribution in [-0.4, -0.2) is 31.4 Å². The zero-order chi connectivity index (χ0) is 22.3. The van der Waals surface area contributed by atoms with E-state index in [1.165, 1.54) is 6.20 Å². The average Bonchev–Trinajstić information content (AvgIpc) is 2.82. The Morgan fingerprint density at radius 3 is 2.78 bits per heavy atom. The van der Waals surface area contributed by atoms with E-state index in [-0.39, 0.29) is 0 Å². The van der Waals surface area contributed by atoms with Gasteiger partial charge in [-0.1, -0.05) is 19.9 Å². The minimum absolute atomic E-state index is 0.364. The smallest absolute Gasteiger partial charge is 0.154 e. The summed E-state index contributed by atoms with van der Waals surface area (Å²) in [6.45, 7) is 4.75. The van der Waals surface area contributed by atoms with Gasteiger partial charge < -0.3 is 11.1 Å². The third-order valence-electron chi connectivity index (χ3n) is 4.88. The van der Waals surface area contributed by atoms with Crippen molar-refractivity contribution in [2.75, 3.05) is 5.32 Å². The van der Waals surface area contributed by atoms with Crippen molar-refractivity contribution < 1.29 is 0 Å². The summed E-state index contributed by atoms with van der Waals surface area (Å²) in [6, 6.07) is 11.6. The molecule has 0 aliphatic carbocycles. The quantitative estimate of drug-likeness (QED) is 0.426. The van der Waals surface area contributed by atoms with E-state index >= 15 is 0 Å². The fraction of sp³-hybridized carbons (Fsp3) is 0.167. The van der Waals surface area contributed by atoms with Crippen LogP contribution in [0.5, 0.6) is 0 Å². The van der Waals surface area contributed by atoms with Gasteiger partial charge in [0.25, 0.3) is 0 Å². The molecule has 0 amide bonds. The number of aliphatic imine (C=N–C) groups is 1. The second kappa shape index (κ2) is 9.74. The Morgan fingerprint density at radius 2 is 2.00 bits per heavy atom. The van der Waals surface area contributed by atoms with Crippen molar-refractivity contribution in [3.63, 3.8) is 0 Å². The normalized spacial score (nSPS) is 12.0. The van der Waals surface area contributed by atoms with Crippen molar-refractivity contribution in [2.45, 2.75) is 26.3 Å². The van der Waals surface area contributed by atoms with E-state index in [9.17, 15) is 0 Å². The Kier molecular flexibility index (Phi) is 6.41. The summed E-state index contributed by atoms with van der Waals surface area (Å²) in [5.74, 6) is 1.68. The number of nitrogens with two attached hydrogens (primary N) is 1. The Morgan fingerprint density at radius 1 is 1.09 bits per heavy atom. The first kappa shape index (κ1) is 21.0. The van der Waals surface area contributed by atoms with Gasteiger partial charge in [0.1, 0.15) is 5.82 Å². The van der Waals surface area contributed by atoms with E-state index in [4.69, 9.17) is 5.73 Å². The minimum atomic E-state index is 0.364. The summed E-state index contributed by atoms with van der Waals surface area (Å²) in [5.41, 5.74) is 11.1. The molecule has 3 N–H and O–H groups in total. The monoisotopic (exact) mass is 424 g/mol. The zero-order valence-corrected chi connectivity index (χ0v) is 18.0. The van der Waals surface area contributed by atoms with Gasteiger partial charge in [0.15, 0.2) is 5.82 Å². The average molecular weight is 425 g/mol. The molecule has 0 saturated heterocycles. The maximum atomic E-state index is 5.86. The molecule has 8 heteroatoms. The van der Waals surface area contributed by atoms with Crippen LogP contribution in [0.15, 0.2) is 72.4 Å². The van der Waals surface area contributed by atoms with Crippen molar-refractivity contribution in [2.24, 2.45) is 10.7 Å². The summed E-state index contributed by atoms with van der Waals surface area (Å²) < 4.78 is 0. The molecule has 4 aromatic heterocycles. The number of hydrogen-bond donors (Lipinski definition) is 2. The molecule has 0 radical (unpaired) electrons. The van der Waals surface area contributed by atoms with Gasteiger partial charge in [-0.15, -0.1) is 5.10 Å². The highest BCUT2D eigenvalue weighted by Gasteiger charge is 2.07. The lowest BCUT2D eigenvalue weighted by molar-refractivity contribution is 0.843. The highest BCUT2D eigenvalue weighted by molar-refractivity contribution is 6.10. The number of allylic oxidation sites excluding steroid dienone is 1. The second-order valence-electron chi connectivity index (χ2n) is 7.57. The molecule has 0 fully saturated rings. The Hall–Kier alpha value is -4.20. The Bertz CT molecular complexity index is 1270. The van der Waals surface area contributed by atoms with E-state index in [0.717, 1.165) is 33.3 Å². The molecule has 0 atom stereocenters. The molecular formula is C24H24N8. The number of pyridine rings is 3. The Balaban J connectivity index is 1.55.